The van der Waals surface area contributed by atoms with Crippen LogP contribution in [0, 0.1) is 31.0 Å². The van der Waals surface area contributed by atoms with Crippen LogP contribution in [0.25, 0.3) is 22.4 Å². The maximum Gasteiger partial charge on any atom is 0.213 e. The molecule has 5 nitrogen and oxygen atoms in total. The molecule has 0 atom stereocenters. The van der Waals surface area contributed by atoms with Crippen molar-refractivity contribution < 1.29 is 33.4 Å². The van der Waals surface area contributed by atoms with Gasteiger partial charge in [0.05, 0.1) is 0 Å². The number of hydrogen-bond donors (Lipinski definition) is 0. The van der Waals surface area contributed by atoms with Crippen LogP contribution in [-0.2, 0) is 6.54 Å². The summed E-state index contributed by atoms with van der Waals surface area (Å²) in [7, 11) is -4.94. The zero-order chi connectivity index (χ0) is 20.9. The van der Waals surface area contributed by atoms with Gasteiger partial charge >= 0.3 is 0 Å². The molecule has 0 amide bonds. The number of aromatic nitrogens is 1. The maximum atomic E-state index is 8.49. The van der Waals surface area contributed by atoms with E-state index in [1.807, 2.05) is 0 Å². The monoisotopic (exact) mass is 401 g/mol. The standard InChI is InChI=1S/C22H24N.ClHO4/c1-5-23-18(4)14-21(19-10-6-16(2)7-11-19)15-22(23)20-12-8-17(3)9-13-20;2-1(3,4)5/h6-15H,5H2,1-4H3;(H,2,3,4,5)/q+1;/p-1. The van der Waals surface area contributed by atoms with Crippen molar-refractivity contribution in [1.29, 1.82) is 0 Å². The van der Waals surface area contributed by atoms with Crippen molar-refractivity contribution in [2.24, 2.45) is 0 Å². The van der Waals surface area contributed by atoms with Crippen molar-refractivity contribution in [3.63, 3.8) is 0 Å². The van der Waals surface area contributed by atoms with Gasteiger partial charge < -0.3 is 0 Å². The van der Waals surface area contributed by atoms with Crippen LogP contribution in [0.15, 0.2) is 60.7 Å². The zero-order valence-corrected chi connectivity index (χ0v) is 17.2. The summed E-state index contributed by atoms with van der Waals surface area (Å²) < 4.78 is 36.3. The topological polar surface area (TPSA) is 96.1 Å². The predicted octanol–water partition coefficient (Wildman–Crippen LogP) is 0.497. The van der Waals surface area contributed by atoms with E-state index in [2.05, 4.69) is 92.9 Å². The van der Waals surface area contributed by atoms with Gasteiger partial charge in [-0.3, -0.25) is 0 Å². The van der Waals surface area contributed by atoms with Crippen LogP contribution >= 0.6 is 0 Å². The van der Waals surface area contributed by atoms with Gasteiger partial charge in [-0.15, -0.1) is 10.2 Å². The molecule has 28 heavy (non-hydrogen) atoms. The molecule has 0 fully saturated rings. The lowest BCUT2D eigenvalue weighted by molar-refractivity contribution is -2.00. The Bertz CT molecular complexity index is 911. The third-order valence-corrected chi connectivity index (χ3v) is 4.42. The third-order valence-electron chi connectivity index (χ3n) is 4.42. The van der Waals surface area contributed by atoms with Gasteiger partial charge in [0, 0.05) is 24.6 Å². The van der Waals surface area contributed by atoms with Gasteiger partial charge in [0.2, 0.25) is 5.69 Å². The molecule has 0 aliphatic rings. The van der Waals surface area contributed by atoms with E-state index in [4.69, 9.17) is 18.6 Å². The minimum atomic E-state index is -4.94. The second-order valence-corrected chi connectivity index (χ2v) is 7.38. The van der Waals surface area contributed by atoms with E-state index in [1.54, 1.807) is 0 Å². The maximum absolute atomic E-state index is 8.49. The van der Waals surface area contributed by atoms with Gasteiger partial charge in [0.1, 0.15) is 6.54 Å². The summed E-state index contributed by atoms with van der Waals surface area (Å²) in [6.45, 7) is 9.63. The van der Waals surface area contributed by atoms with E-state index < -0.39 is 10.2 Å². The Hall–Kier alpha value is -2.28. The van der Waals surface area contributed by atoms with Gasteiger partial charge in [-0.2, -0.15) is 4.57 Å². The van der Waals surface area contributed by atoms with Gasteiger partial charge in [-0.05, 0) is 44.0 Å². The molecule has 0 N–H and O–H groups in total. The third kappa shape index (κ3) is 6.41. The molecule has 0 saturated heterocycles. The molecule has 3 rings (SSSR count). The fourth-order valence-corrected chi connectivity index (χ4v) is 3.06. The molecule has 0 bridgehead atoms. The van der Waals surface area contributed by atoms with E-state index in [1.165, 1.54) is 39.2 Å². The summed E-state index contributed by atoms with van der Waals surface area (Å²) in [4.78, 5) is 0. The first kappa shape index (κ1) is 22.0. The highest BCUT2D eigenvalue weighted by Gasteiger charge is 2.17. The lowest BCUT2D eigenvalue weighted by Gasteiger charge is -2.17. The van der Waals surface area contributed by atoms with E-state index >= 15 is 0 Å². The molecule has 148 valence electrons. The molecule has 2 aromatic carbocycles. The van der Waals surface area contributed by atoms with Crippen molar-refractivity contribution in [2.75, 3.05) is 0 Å². The summed E-state index contributed by atoms with van der Waals surface area (Å²) in [5.74, 6) is 0. The minimum Gasteiger partial charge on any atom is -0.222 e. The fraction of sp³-hybridized carbons (Fsp3) is 0.227. The van der Waals surface area contributed by atoms with E-state index in [9.17, 15) is 0 Å². The molecule has 3 aromatic rings. The summed E-state index contributed by atoms with van der Waals surface area (Å²) in [6, 6.07) is 22.2. The Balaban J connectivity index is 0.000000500. The van der Waals surface area contributed by atoms with Crippen molar-refractivity contribution in [3.05, 3.63) is 77.5 Å². The average molecular weight is 402 g/mol. The SMILES string of the molecule is CC[n+]1c(C)cc(-c2ccc(C)cc2)cc1-c1ccc(C)cc1.[O-][Cl+3]([O-])([O-])[O-]. The largest absolute Gasteiger partial charge is 0.222 e. The first-order valence-corrected chi connectivity index (χ1v) is 10.1. The normalized spacial score (nSPS) is 11.0. The number of hydrogen-bond acceptors (Lipinski definition) is 4. The highest BCUT2D eigenvalue weighted by molar-refractivity contribution is 5.69. The molecular formula is C22H24ClNO4. The van der Waals surface area contributed by atoms with Crippen LogP contribution in [0.5, 0.6) is 0 Å². The lowest BCUT2D eigenvalue weighted by atomic mass is 10.00. The summed E-state index contributed by atoms with van der Waals surface area (Å²) >= 11 is 0. The molecular weight excluding hydrogens is 378 g/mol. The molecule has 6 heteroatoms. The molecule has 0 unspecified atom stereocenters. The van der Waals surface area contributed by atoms with Crippen LogP contribution in [0.4, 0.5) is 0 Å². The first-order chi connectivity index (χ1) is 13.1. The Morgan fingerprint density at radius 2 is 1.11 bits per heavy atom. The highest BCUT2D eigenvalue weighted by Crippen LogP contribution is 2.25. The number of nitrogens with zero attached hydrogens (tertiary/aromatic N) is 1. The van der Waals surface area contributed by atoms with Crippen molar-refractivity contribution in [2.45, 2.75) is 34.2 Å². The van der Waals surface area contributed by atoms with Crippen LogP contribution < -0.4 is 23.2 Å². The minimum absolute atomic E-state index is 0.975. The second kappa shape index (κ2) is 9.28. The lowest BCUT2D eigenvalue weighted by Crippen LogP contribution is -2.68. The van der Waals surface area contributed by atoms with Gasteiger partial charge in [-0.25, -0.2) is 18.6 Å². The van der Waals surface area contributed by atoms with E-state index in [0.717, 1.165) is 6.54 Å². The van der Waals surface area contributed by atoms with Gasteiger partial charge in [0.25, 0.3) is 0 Å². The van der Waals surface area contributed by atoms with Crippen LogP contribution in [-0.4, -0.2) is 0 Å². The number of aryl methyl sites for hydroxylation is 3. The van der Waals surface area contributed by atoms with Crippen molar-refractivity contribution in [1.82, 2.24) is 0 Å². The smallest absolute Gasteiger partial charge is 0.213 e. The molecule has 0 aliphatic carbocycles. The molecule has 0 spiro atoms. The van der Waals surface area contributed by atoms with Crippen molar-refractivity contribution >= 4 is 0 Å². The van der Waals surface area contributed by atoms with Crippen molar-refractivity contribution in [3.8, 4) is 22.4 Å². The second-order valence-electron chi connectivity index (χ2n) is 6.62. The molecule has 0 radical (unpaired) electrons. The number of benzene rings is 2. The summed E-state index contributed by atoms with van der Waals surface area (Å²) in [5.41, 5.74) is 8.99. The van der Waals surface area contributed by atoms with E-state index in [0.29, 0.717) is 0 Å². The molecule has 1 aromatic heterocycles. The van der Waals surface area contributed by atoms with Crippen LogP contribution in [0.3, 0.4) is 0 Å². The fourth-order valence-electron chi connectivity index (χ4n) is 3.06. The summed E-state index contributed by atoms with van der Waals surface area (Å²) in [6.07, 6.45) is 0. The van der Waals surface area contributed by atoms with Crippen LogP contribution in [0.1, 0.15) is 23.7 Å². The Labute approximate surface area is 167 Å². The molecule has 0 aliphatic heterocycles. The predicted molar refractivity (Wildman–Crippen MR) is 97.4 cm³/mol. The average Bonchev–Trinajstić information content (AvgIpc) is 2.61. The number of pyridine rings is 1. The quantitative estimate of drug-likeness (QED) is 0.597. The van der Waals surface area contributed by atoms with Gasteiger partial charge in [0.15, 0.2) is 5.69 Å². The summed E-state index contributed by atoms with van der Waals surface area (Å²) in [5, 5.41) is 0. The Kier molecular flexibility index (Phi) is 7.29. The Morgan fingerprint density at radius 1 is 0.679 bits per heavy atom. The highest BCUT2D eigenvalue weighted by atomic mass is 35.7. The number of rotatable bonds is 3. The molecule has 1 heterocycles. The van der Waals surface area contributed by atoms with Crippen LogP contribution in [0.2, 0.25) is 0 Å². The number of halogens is 1. The Morgan fingerprint density at radius 3 is 1.54 bits per heavy atom. The van der Waals surface area contributed by atoms with Gasteiger partial charge in [-0.1, -0.05) is 47.5 Å². The first-order valence-electron chi connectivity index (χ1n) is 8.89. The zero-order valence-electron chi connectivity index (χ0n) is 16.4. The van der Waals surface area contributed by atoms with E-state index in [-0.39, 0.29) is 0 Å². The molecule has 0 saturated carbocycles.